The van der Waals surface area contributed by atoms with Gasteiger partial charge in [-0.25, -0.2) is 0 Å². The molecule has 0 aliphatic rings. The largest absolute Gasteiger partial charge is 0.385 e. The molecule has 2 aromatic carbocycles. The average Bonchev–Trinajstić information content (AvgIpc) is 2.49. The topological polar surface area (TPSA) is 20.2 Å². The van der Waals surface area contributed by atoms with Crippen molar-refractivity contribution in [2.24, 2.45) is 0 Å². The van der Waals surface area contributed by atoms with Crippen molar-refractivity contribution >= 4 is 0 Å². The maximum atomic E-state index is 11.0. The van der Waals surface area contributed by atoms with Crippen molar-refractivity contribution in [2.45, 2.75) is 44.6 Å². The molecule has 2 aromatic rings. The molecule has 0 spiro atoms. The predicted octanol–water partition coefficient (Wildman–Crippen LogP) is 4.70. The average molecular weight is 268 g/mol. The van der Waals surface area contributed by atoms with Crippen LogP contribution in [0.3, 0.4) is 0 Å². The molecule has 0 aliphatic heterocycles. The predicted molar refractivity (Wildman–Crippen MR) is 84.6 cm³/mol. The van der Waals surface area contributed by atoms with Crippen LogP contribution in [0.25, 0.3) is 0 Å². The van der Waals surface area contributed by atoms with Gasteiger partial charge in [0, 0.05) is 0 Å². The second-order valence-electron chi connectivity index (χ2n) is 5.49. The van der Waals surface area contributed by atoms with Crippen molar-refractivity contribution in [2.75, 3.05) is 0 Å². The highest BCUT2D eigenvalue weighted by Gasteiger charge is 2.27. The minimum atomic E-state index is -0.676. The Balaban J connectivity index is 1.99. The molecule has 106 valence electrons. The van der Waals surface area contributed by atoms with E-state index in [-0.39, 0.29) is 0 Å². The summed E-state index contributed by atoms with van der Waals surface area (Å²) in [6.07, 6.45) is 4.68. The molecule has 0 amide bonds. The Bertz CT molecular complexity index is 492. The Kier molecular flexibility index (Phi) is 5.37. The molecule has 0 fully saturated rings. The fraction of sp³-hybridized carbons (Fsp3) is 0.368. The van der Waals surface area contributed by atoms with Crippen molar-refractivity contribution in [3.63, 3.8) is 0 Å². The molecule has 20 heavy (non-hydrogen) atoms. The summed E-state index contributed by atoms with van der Waals surface area (Å²) in [5.74, 6) is 0. The number of hydrogen-bond acceptors (Lipinski definition) is 1. The Morgan fingerprint density at radius 3 is 2.05 bits per heavy atom. The number of hydrogen-bond donors (Lipinski definition) is 1. The molecule has 0 aromatic heterocycles. The van der Waals surface area contributed by atoms with Gasteiger partial charge in [-0.2, -0.15) is 0 Å². The van der Waals surface area contributed by atoms with Crippen LogP contribution in [0, 0.1) is 0 Å². The van der Waals surface area contributed by atoms with E-state index < -0.39 is 5.60 Å². The van der Waals surface area contributed by atoms with Gasteiger partial charge in [-0.1, -0.05) is 74.0 Å². The zero-order chi connectivity index (χ0) is 14.3. The number of aryl methyl sites for hydroxylation is 1. The van der Waals surface area contributed by atoms with Gasteiger partial charge in [0.1, 0.15) is 0 Å². The molecular formula is C19H24O. The zero-order valence-corrected chi connectivity index (χ0v) is 12.3. The minimum absolute atomic E-state index is 0.676. The van der Waals surface area contributed by atoms with Crippen molar-refractivity contribution in [1.29, 1.82) is 0 Å². The summed E-state index contributed by atoms with van der Waals surface area (Å²) in [5.41, 5.74) is 1.72. The first-order chi connectivity index (χ1) is 9.74. The van der Waals surface area contributed by atoms with Crippen LogP contribution in [0.2, 0.25) is 0 Å². The lowest BCUT2D eigenvalue weighted by Crippen LogP contribution is -2.25. The maximum Gasteiger partial charge on any atom is 0.0896 e. The molecule has 1 N–H and O–H groups in total. The van der Waals surface area contributed by atoms with Crippen molar-refractivity contribution in [3.8, 4) is 0 Å². The van der Waals surface area contributed by atoms with E-state index in [4.69, 9.17) is 0 Å². The SMILES string of the molecule is CCCC(O)(CCCc1ccccc1)c1ccccc1. The molecule has 0 heterocycles. The van der Waals surface area contributed by atoms with Crippen molar-refractivity contribution < 1.29 is 5.11 Å². The third kappa shape index (κ3) is 3.94. The van der Waals surface area contributed by atoms with E-state index in [1.54, 1.807) is 0 Å². The van der Waals surface area contributed by atoms with E-state index in [2.05, 4.69) is 31.2 Å². The number of rotatable bonds is 7. The van der Waals surface area contributed by atoms with E-state index in [0.717, 1.165) is 37.7 Å². The van der Waals surface area contributed by atoms with Gasteiger partial charge in [0.05, 0.1) is 5.60 Å². The lowest BCUT2D eigenvalue weighted by molar-refractivity contribution is 0.0158. The molecule has 2 rings (SSSR count). The van der Waals surface area contributed by atoms with Crippen LogP contribution in [0.1, 0.15) is 43.7 Å². The van der Waals surface area contributed by atoms with Gasteiger partial charge in [-0.3, -0.25) is 0 Å². The molecule has 0 aliphatic carbocycles. The second kappa shape index (κ2) is 7.25. The second-order valence-corrected chi connectivity index (χ2v) is 5.49. The summed E-state index contributed by atoms with van der Waals surface area (Å²) in [6.45, 7) is 2.13. The summed E-state index contributed by atoms with van der Waals surface area (Å²) in [5, 5.41) is 11.0. The monoisotopic (exact) mass is 268 g/mol. The molecule has 0 saturated heterocycles. The van der Waals surface area contributed by atoms with Crippen LogP contribution in [-0.4, -0.2) is 5.11 Å². The first kappa shape index (κ1) is 14.8. The quantitative estimate of drug-likeness (QED) is 0.772. The normalized spacial score (nSPS) is 13.9. The van der Waals surface area contributed by atoms with Gasteiger partial charge in [0.2, 0.25) is 0 Å². The Morgan fingerprint density at radius 1 is 0.850 bits per heavy atom. The molecule has 0 bridgehead atoms. The summed E-state index contributed by atoms with van der Waals surface area (Å²) in [7, 11) is 0. The Morgan fingerprint density at radius 2 is 1.45 bits per heavy atom. The van der Waals surface area contributed by atoms with Crippen LogP contribution in [0.4, 0.5) is 0 Å². The third-order valence-electron chi connectivity index (χ3n) is 3.87. The number of aliphatic hydroxyl groups is 1. The highest BCUT2D eigenvalue weighted by Crippen LogP contribution is 2.31. The summed E-state index contributed by atoms with van der Waals surface area (Å²) >= 11 is 0. The van der Waals surface area contributed by atoms with E-state index in [9.17, 15) is 5.11 Å². The van der Waals surface area contributed by atoms with Crippen LogP contribution in [0.5, 0.6) is 0 Å². The standard InChI is InChI=1S/C19H24O/c1-2-15-19(20,18-13-7-4-8-14-18)16-9-12-17-10-5-3-6-11-17/h3-8,10-11,13-14,20H,2,9,12,15-16H2,1H3. The van der Waals surface area contributed by atoms with E-state index in [1.807, 2.05) is 36.4 Å². The molecular weight excluding hydrogens is 244 g/mol. The van der Waals surface area contributed by atoms with Gasteiger partial charge in [0.25, 0.3) is 0 Å². The van der Waals surface area contributed by atoms with E-state index in [0.29, 0.717) is 0 Å². The molecule has 1 heteroatoms. The van der Waals surface area contributed by atoms with Crippen LogP contribution < -0.4 is 0 Å². The lowest BCUT2D eigenvalue weighted by Gasteiger charge is -2.28. The maximum absolute atomic E-state index is 11.0. The highest BCUT2D eigenvalue weighted by atomic mass is 16.3. The molecule has 0 radical (unpaired) electrons. The first-order valence-electron chi connectivity index (χ1n) is 7.56. The fourth-order valence-electron chi connectivity index (χ4n) is 2.81. The van der Waals surface area contributed by atoms with Gasteiger partial charge in [0.15, 0.2) is 0 Å². The third-order valence-corrected chi connectivity index (χ3v) is 3.87. The van der Waals surface area contributed by atoms with Gasteiger partial charge in [-0.15, -0.1) is 0 Å². The Labute approximate surface area is 122 Å². The first-order valence-corrected chi connectivity index (χ1v) is 7.56. The van der Waals surface area contributed by atoms with Gasteiger partial charge < -0.3 is 5.11 Å². The minimum Gasteiger partial charge on any atom is -0.385 e. The van der Waals surface area contributed by atoms with E-state index >= 15 is 0 Å². The van der Waals surface area contributed by atoms with Crippen molar-refractivity contribution in [1.82, 2.24) is 0 Å². The summed E-state index contributed by atoms with van der Waals surface area (Å²) in [4.78, 5) is 0. The van der Waals surface area contributed by atoms with Crippen LogP contribution in [0.15, 0.2) is 60.7 Å². The van der Waals surface area contributed by atoms with Gasteiger partial charge >= 0.3 is 0 Å². The lowest BCUT2D eigenvalue weighted by atomic mass is 9.84. The number of benzene rings is 2. The zero-order valence-electron chi connectivity index (χ0n) is 12.3. The van der Waals surface area contributed by atoms with E-state index in [1.165, 1.54) is 5.56 Å². The molecule has 1 nitrogen and oxygen atoms in total. The highest BCUT2D eigenvalue weighted by molar-refractivity contribution is 5.22. The molecule has 1 unspecified atom stereocenters. The smallest absolute Gasteiger partial charge is 0.0896 e. The van der Waals surface area contributed by atoms with Gasteiger partial charge in [-0.05, 0) is 36.8 Å². The van der Waals surface area contributed by atoms with Crippen LogP contribution in [-0.2, 0) is 12.0 Å². The molecule has 1 atom stereocenters. The van der Waals surface area contributed by atoms with Crippen molar-refractivity contribution in [3.05, 3.63) is 71.8 Å². The summed E-state index contributed by atoms with van der Waals surface area (Å²) < 4.78 is 0. The Hall–Kier alpha value is -1.60. The molecule has 0 saturated carbocycles. The summed E-state index contributed by atoms with van der Waals surface area (Å²) in [6, 6.07) is 20.6. The van der Waals surface area contributed by atoms with Crippen LogP contribution >= 0.6 is 0 Å². The fourth-order valence-corrected chi connectivity index (χ4v) is 2.81.